The lowest BCUT2D eigenvalue weighted by Crippen LogP contribution is -2.50. The molecule has 0 saturated carbocycles. The third-order valence-corrected chi connectivity index (χ3v) is 14.8. The van der Waals surface area contributed by atoms with Gasteiger partial charge in [0.2, 0.25) is 12.5 Å². The van der Waals surface area contributed by atoms with Gasteiger partial charge in [-0.3, -0.25) is 9.13 Å². The van der Waals surface area contributed by atoms with Gasteiger partial charge in [-0.25, -0.2) is 9.59 Å². The SMILES string of the molecule is CCC(O)[C@H]1O[C@@H](n2ccc(NC(c3ccccc3)(c3ccccc3)c3ccc(OC)cc3)nc2=O)C(F)(F)[C@@H]1OC(c1ccccc1)(c1ccccc1)c1ccc(OC)cc1.CC[C@@H](O)[C@H]1O[C@@H](n2ccc(N)nc2=O)C(F)(F)[C@@H]1O. The van der Waals surface area contributed by atoms with Crippen molar-refractivity contribution in [1.82, 2.24) is 19.1 Å². The number of rotatable bonds is 18. The molecule has 82 heavy (non-hydrogen) atoms. The van der Waals surface area contributed by atoms with Crippen molar-refractivity contribution in [3.8, 4) is 11.5 Å². The minimum absolute atomic E-state index is 0.0714. The van der Waals surface area contributed by atoms with Gasteiger partial charge in [-0.05, 0) is 82.6 Å². The lowest BCUT2D eigenvalue weighted by Gasteiger charge is -2.40. The minimum Gasteiger partial charge on any atom is -0.497 e. The van der Waals surface area contributed by atoms with Crippen LogP contribution in [0.4, 0.5) is 29.2 Å². The van der Waals surface area contributed by atoms with Crippen molar-refractivity contribution in [2.75, 3.05) is 25.3 Å². The summed E-state index contributed by atoms with van der Waals surface area (Å²) in [6, 6.07) is 54.7. The summed E-state index contributed by atoms with van der Waals surface area (Å²) in [7, 11) is 3.14. The van der Waals surface area contributed by atoms with E-state index in [4.69, 9.17) is 29.4 Å². The van der Waals surface area contributed by atoms with Gasteiger partial charge in [0.25, 0.3) is 0 Å². The Bertz CT molecular complexity index is 3420. The van der Waals surface area contributed by atoms with Crippen LogP contribution in [0.2, 0.25) is 0 Å². The predicted octanol–water partition coefficient (Wildman–Crippen LogP) is 8.84. The molecule has 16 nitrogen and oxygen atoms in total. The van der Waals surface area contributed by atoms with E-state index in [-0.39, 0.29) is 24.5 Å². The van der Waals surface area contributed by atoms with Crippen molar-refractivity contribution in [3.05, 3.63) is 249 Å². The number of ether oxygens (including phenoxy) is 5. The highest BCUT2D eigenvalue weighted by atomic mass is 19.3. The van der Waals surface area contributed by atoms with Crippen LogP contribution in [0.3, 0.4) is 0 Å². The van der Waals surface area contributed by atoms with Crippen molar-refractivity contribution in [3.63, 3.8) is 0 Å². The Labute approximate surface area is 470 Å². The van der Waals surface area contributed by atoms with Crippen LogP contribution in [-0.2, 0) is 25.4 Å². The Morgan fingerprint density at radius 1 is 0.573 bits per heavy atom. The molecule has 6 N–H and O–H groups in total. The molecule has 2 aliphatic heterocycles. The van der Waals surface area contributed by atoms with Crippen LogP contribution in [0.5, 0.6) is 11.5 Å². The summed E-state index contributed by atoms with van der Waals surface area (Å²) in [5.41, 5.74) is 4.66. The smallest absolute Gasteiger partial charge is 0.351 e. The maximum Gasteiger partial charge on any atom is 0.351 e. The Morgan fingerprint density at radius 3 is 1.41 bits per heavy atom. The molecule has 2 aliphatic rings. The summed E-state index contributed by atoms with van der Waals surface area (Å²) in [5.74, 6) is -6.38. The van der Waals surface area contributed by atoms with Crippen LogP contribution >= 0.6 is 0 Å². The molecular weight excluding hydrogens is 1060 g/mol. The van der Waals surface area contributed by atoms with Gasteiger partial charge >= 0.3 is 23.2 Å². The molecule has 0 spiro atoms. The first-order valence-electron chi connectivity index (χ1n) is 26.5. The summed E-state index contributed by atoms with van der Waals surface area (Å²) in [6.45, 7) is 3.23. The zero-order chi connectivity index (χ0) is 58.4. The number of hydrogen-bond acceptors (Lipinski definition) is 14. The molecule has 1 unspecified atom stereocenters. The molecule has 6 aromatic carbocycles. The molecule has 10 rings (SSSR count). The fourth-order valence-electron chi connectivity index (χ4n) is 10.5. The van der Waals surface area contributed by atoms with Gasteiger partial charge in [0.1, 0.15) is 46.5 Å². The van der Waals surface area contributed by atoms with E-state index in [2.05, 4.69) is 15.3 Å². The molecule has 20 heteroatoms. The summed E-state index contributed by atoms with van der Waals surface area (Å²) in [4.78, 5) is 33.5. The summed E-state index contributed by atoms with van der Waals surface area (Å²) in [6.07, 6.45) is -11.8. The molecule has 428 valence electrons. The zero-order valence-electron chi connectivity index (χ0n) is 45.1. The molecule has 0 radical (unpaired) electrons. The number of aliphatic hydroxyl groups is 3. The van der Waals surface area contributed by atoms with E-state index < -0.39 is 83.4 Å². The first kappa shape index (κ1) is 58.4. The van der Waals surface area contributed by atoms with E-state index in [9.17, 15) is 33.7 Å². The third kappa shape index (κ3) is 11.1. The standard InChI is InChI=1S/C51H47F2N3O6.C11H15F2N3O4/c1-4-43(57)45-46(62-50(38-21-13-7-14-22-38,39-23-15-8-16-24-39)40-27-31-42(60-3)32-28-40)51(52,53)47(61-45)56-34-33-44(54-48(56)58)55-49(35-17-9-5-10-18-35,36-19-11-6-12-20-36)37-25-29-41(59-2)30-26-37;1-2-5(17)7-8(18)11(12,13)9(20-7)16-4-3-6(14)15-10(16)19/h5-34,43,45-47,57H,4H2,1-3H3,(H,54,55,58);3-5,7-9,17-18H,2H2,1H3,(H2,14,15,19)/t43?,45-,46-,47-;5-,7-,8-,9-/m11/s1. The first-order chi connectivity index (χ1) is 39.4. The van der Waals surface area contributed by atoms with Crippen LogP contribution in [-0.4, -0.2) is 97.1 Å². The van der Waals surface area contributed by atoms with Crippen molar-refractivity contribution in [2.24, 2.45) is 0 Å². The van der Waals surface area contributed by atoms with Crippen LogP contribution in [0.25, 0.3) is 0 Å². The van der Waals surface area contributed by atoms with Crippen LogP contribution in [0.15, 0.2) is 204 Å². The number of nitrogens with two attached hydrogens (primary N) is 1. The van der Waals surface area contributed by atoms with Gasteiger partial charge in [-0.1, -0.05) is 159 Å². The van der Waals surface area contributed by atoms with Gasteiger partial charge in [-0.15, -0.1) is 0 Å². The fraction of sp³-hybridized carbons (Fsp3) is 0.290. The highest BCUT2D eigenvalue weighted by Crippen LogP contribution is 2.52. The van der Waals surface area contributed by atoms with E-state index in [0.29, 0.717) is 32.8 Å². The van der Waals surface area contributed by atoms with Crippen LogP contribution in [0, 0.1) is 0 Å². The number of benzene rings is 6. The van der Waals surface area contributed by atoms with Crippen molar-refractivity contribution in [2.45, 2.75) is 98.8 Å². The second-order valence-electron chi connectivity index (χ2n) is 19.7. The Morgan fingerprint density at radius 2 is 0.963 bits per heavy atom. The third-order valence-electron chi connectivity index (χ3n) is 14.8. The lowest BCUT2D eigenvalue weighted by molar-refractivity contribution is -0.182. The highest BCUT2D eigenvalue weighted by Gasteiger charge is 2.65. The lowest BCUT2D eigenvalue weighted by atomic mass is 9.77. The highest BCUT2D eigenvalue weighted by molar-refractivity contribution is 5.58. The quantitative estimate of drug-likeness (QED) is 0.0401. The molecule has 8 aromatic rings. The summed E-state index contributed by atoms with van der Waals surface area (Å²) in [5, 5.41) is 34.2. The molecule has 0 amide bonds. The van der Waals surface area contributed by atoms with Gasteiger partial charge in [-0.2, -0.15) is 27.5 Å². The molecule has 2 aromatic heterocycles. The second-order valence-corrected chi connectivity index (χ2v) is 19.7. The van der Waals surface area contributed by atoms with Gasteiger partial charge in [0.05, 0.1) is 26.4 Å². The molecule has 0 aliphatic carbocycles. The van der Waals surface area contributed by atoms with E-state index in [1.807, 2.05) is 146 Å². The molecule has 4 heterocycles. The minimum atomic E-state index is -3.89. The summed E-state index contributed by atoms with van der Waals surface area (Å²) >= 11 is 0. The van der Waals surface area contributed by atoms with E-state index >= 15 is 8.78 Å². The van der Waals surface area contributed by atoms with E-state index in [1.54, 1.807) is 52.3 Å². The topological polar surface area (TPSA) is 215 Å². The number of aliphatic hydroxyl groups excluding tert-OH is 3. The Hall–Kier alpha value is -8.24. The number of anilines is 2. The number of nitrogens with one attached hydrogen (secondary N) is 1. The predicted molar refractivity (Wildman–Crippen MR) is 298 cm³/mol. The second kappa shape index (κ2) is 24.5. The number of aromatic nitrogens is 4. The molecule has 8 atom stereocenters. The number of alkyl halides is 4. The number of nitrogens with zero attached hydrogens (tertiary/aromatic N) is 4. The maximum absolute atomic E-state index is 17.6. The van der Waals surface area contributed by atoms with Crippen molar-refractivity contribution >= 4 is 11.6 Å². The van der Waals surface area contributed by atoms with E-state index in [1.165, 1.54) is 12.3 Å². The van der Waals surface area contributed by atoms with Crippen LogP contribution in [0.1, 0.15) is 72.5 Å². The average Bonchev–Trinajstić information content (AvgIpc) is 3.80. The van der Waals surface area contributed by atoms with E-state index in [0.717, 1.165) is 33.5 Å². The first-order valence-corrected chi connectivity index (χ1v) is 26.5. The van der Waals surface area contributed by atoms with Gasteiger partial charge < -0.3 is 50.1 Å². The number of methoxy groups -OCH3 is 2. The van der Waals surface area contributed by atoms with Gasteiger partial charge in [0.15, 0.2) is 12.2 Å². The van der Waals surface area contributed by atoms with Crippen LogP contribution < -0.4 is 31.9 Å². The Kier molecular flexibility index (Phi) is 17.4. The zero-order valence-corrected chi connectivity index (χ0v) is 45.1. The largest absolute Gasteiger partial charge is 0.497 e. The molecule has 0 bridgehead atoms. The molecule has 2 saturated heterocycles. The van der Waals surface area contributed by atoms with Gasteiger partial charge in [0, 0.05) is 12.4 Å². The number of nitrogen functional groups attached to an aromatic ring is 1. The molecule has 2 fully saturated rings. The summed E-state index contributed by atoms with van der Waals surface area (Å²) < 4.78 is 93.4. The monoisotopic (exact) mass is 1130 g/mol. The Balaban J connectivity index is 0.000000341. The molecular formula is C62H62F4N6O10. The van der Waals surface area contributed by atoms with Crippen molar-refractivity contribution < 1.29 is 56.6 Å². The maximum atomic E-state index is 17.6. The fourth-order valence-corrected chi connectivity index (χ4v) is 10.5. The van der Waals surface area contributed by atoms with Crippen molar-refractivity contribution in [1.29, 1.82) is 0 Å². The number of hydrogen-bond donors (Lipinski definition) is 5. The average molecular weight is 1130 g/mol. The number of halogens is 4. The normalized spacial score (nSPS) is 20.9.